The Bertz CT molecular complexity index is 1240. The lowest BCUT2D eigenvalue weighted by molar-refractivity contribution is -0.0721. The van der Waals surface area contributed by atoms with Crippen molar-refractivity contribution in [1.82, 2.24) is 0 Å². The highest BCUT2D eigenvalue weighted by molar-refractivity contribution is 6.30. The predicted molar refractivity (Wildman–Crippen MR) is 157 cm³/mol. The molecule has 2 fully saturated rings. The van der Waals surface area contributed by atoms with Crippen LogP contribution in [0.15, 0.2) is 36.4 Å². The van der Waals surface area contributed by atoms with Crippen LogP contribution in [0.1, 0.15) is 72.9 Å². The average molecular weight is 568 g/mol. The van der Waals surface area contributed by atoms with Crippen LogP contribution in [0.5, 0.6) is 5.75 Å². The maximum absolute atomic E-state index is 12.5. The molecule has 1 heterocycles. The predicted octanol–water partition coefficient (Wildman–Crippen LogP) is 6.19. The maximum Gasteiger partial charge on any atom is 0.337 e. The highest BCUT2D eigenvalue weighted by Crippen LogP contribution is 2.48. The molecule has 1 N–H and O–H groups in total. The number of hydrogen-bond donors (Lipinski definition) is 1. The number of ether oxygens (including phenoxy) is 3. The normalized spacial score (nSPS) is 30.4. The first kappa shape index (κ1) is 27.9. The molecule has 4 aliphatic rings. The number of aliphatic hydroxyl groups is 1. The van der Waals surface area contributed by atoms with E-state index in [2.05, 4.69) is 17.0 Å². The average Bonchev–Trinajstić information content (AvgIpc) is 3.10. The lowest BCUT2D eigenvalue weighted by Gasteiger charge is -2.48. The van der Waals surface area contributed by atoms with Crippen LogP contribution in [0.4, 0.5) is 5.69 Å². The number of halogens is 1. The second-order valence-corrected chi connectivity index (χ2v) is 13.0. The van der Waals surface area contributed by atoms with Crippen molar-refractivity contribution in [3.8, 4) is 5.75 Å². The molecule has 216 valence electrons. The zero-order valence-electron chi connectivity index (χ0n) is 23.7. The highest BCUT2D eigenvalue weighted by atomic mass is 35.5. The molecule has 6 atom stereocenters. The Morgan fingerprint density at radius 3 is 2.77 bits per heavy atom. The summed E-state index contributed by atoms with van der Waals surface area (Å²) in [5, 5.41) is 11.2. The molecule has 0 saturated heterocycles. The number of carbonyl (C=O) groups is 1. The van der Waals surface area contributed by atoms with Gasteiger partial charge in [-0.05, 0) is 111 Å². The van der Waals surface area contributed by atoms with Gasteiger partial charge in [-0.15, -0.1) is 0 Å². The Morgan fingerprint density at radius 1 is 1.15 bits per heavy atom. The molecule has 3 aliphatic carbocycles. The van der Waals surface area contributed by atoms with Gasteiger partial charge in [0.15, 0.2) is 0 Å². The maximum atomic E-state index is 12.5. The first-order valence-corrected chi connectivity index (χ1v) is 15.4. The largest absolute Gasteiger partial charge is 0.490 e. The number of aryl methyl sites for hydroxylation is 1. The van der Waals surface area contributed by atoms with Gasteiger partial charge in [-0.1, -0.05) is 24.1 Å². The fourth-order valence-corrected chi connectivity index (χ4v) is 8.31. The van der Waals surface area contributed by atoms with Crippen molar-refractivity contribution >= 4 is 23.3 Å². The number of esters is 1. The third kappa shape index (κ3) is 5.23. The molecule has 1 aliphatic heterocycles. The van der Waals surface area contributed by atoms with Gasteiger partial charge < -0.3 is 24.2 Å². The molecule has 1 spiro atoms. The van der Waals surface area contributed by atoms with Crippen LogP contribution >= 0.6 is 11.6 Å². The number of carbonyl (C=O) groups excluding carboxylic acids is 1. The van der Waals surface area contributed by atoms with Crippen molar-refractivity contribution in [2.45, 2.75) is 75.4 Å². The van der Waals surface area contributed by atoms with E-state index in [0.29, 0.717) is 29.9 Å². The monoisotopic (exact) mass is 567 g/mol. The molecule has 0 amide bonds. The molecule has 7 heteroatoms. The van der Waals surface area contributed by atoms with E-state index >= 15 is 0 Å². The Morgan fingerprint density at radius 2 is 2.02 bits per heavy atom. The summed E-state index contributed by atoms with van der Waals surface area (Å²) in [6.45, 7) is 2.30. The van der Waals surface area contributed by atoms with Crippen molar-refractivity contribution in [2.75, 3.05) is 38.8 Å². The molecule has 0 aromatic heterocycles. The molecule has 0 bridgehead atoms. The summed E-state index contributed by atoms with van der Waals surface area (Å²) in [4.78, 5) is 15.0. The summed E-state index contributed by atoms with van der Waals surface area (Å²) < 4.78 is 17.8. The van der Waals surface area contributed by atoms with E-state index in [1.54, 1.807) is 6.07 Å². The van der Waals surface area contributed by atoms with Gasteiger partial charge >= 0.3 is 5.97 Å². The third-order valence-corrected chi connectivity index (χ3v) is 10.5. The summed E-state index contributed by atoms with van der Waals surface area (Å²) in [5.74, 6) is 1.83. The lowest BCUT2D eigenvalue weighted by atomic mass is 9.65. The van der Waals surface area contributed by atoms with E-state index < -0.39 is 0 Å². The molecule has 1 unspecified atom stereocenters. The lowest BCUT2D eigenvalue weighted by Crippen LogP contribution is -2.51. The molecule has 0 radical (unpaired) electrons. The van der Waals surface area contributed by atoms with E-state index in [1.807, 2.05) is 25.3 Å². The number of rotatable bonds is 6. The minimum absolute atomic E-state index is 0.157. The summed E-state index contributed by atoms with van der Waals surface area (Å²) in [5.41, 5.74) is 4.01. The van der Waals surface area contributed by atoms with Crippen LogP contribution in [0.25, 0.3) is 0 Å². The molecule has 40 heavy (non-hydrogen) atoms. The second-order valence-electron chi connectivity index (χ2n) is 12.6. The van der Waals surface area contributed by atoms with Gasteiger partial charge in [0, 0.05) is 30.6 Å². The molecule has 6 rings (SSSR count). The Labute approximate surface area is 242 Å². The Hall–Kier alpha value is -2.28. The second kappa shape index (κ2) is 11.5. The third-order valence-electron chi connectivity index (χ3n) is 10.2. The van der Waals surface area contributed by atoms with Crippen LogP contribution in [-0.2, 0) is 21.3 Å². The first-order valence-electron chi connectivity index (χ1n) is 15.0. The van der Waals surface area contributed by atoms with Crippen molar-refractivity contribution in [3.63, 3.8) is 0 Å². The van der Waals surface area contributed by atoms with Gasteiger partial charge in [-0.2, -0.15) is 0 Å². The van der Waals surface area contributed by atoms with Crippen LogP contribution in [-0.4, -0.2) is 57.2 Å². The summed E-state index contributed by atoms with van der Waals surface area (Å²) in [6, 6.07) is 12.0. The SMILES string of the molecule is COC(=O)c1ccc2c(c1)N(C[C@@H]1CC[C@H]1[C@@H](OC)[C@@H]1CCC[C@@H](O)C1)CC1(CCCc3cc(Cl)ccc31)CO2. The Balaban J connectivity index is 1.33. The number of aliphatic hydroxyl groups excluding tert-OH is 1. The van der Waals surface area contributed by atoms with E-state index in [9.17, 15) is 9.90 Å². The van der Waals surface area contributed by atoms with Gasteiger partial charge in [0.05, 0.1) is 37.2 Å². The van der Waals surface area contributed by atoms with Gasteiger partial charge in [-0.3, -0.25) is 0 Å². The molecule has 2 aromatic rings. The molecular weight excluding hydrogens is 526 g/mol. The highest BCUT2D eigenvalue weighted by Gasteiger charge is 2.46. The van der Waals surface area contributed by atoms with Crippen LogP contribution in [0.2, 0.25) is 5.02 Å². The van der Waals surface area contributed by atoms with Crippen molar-refractivity contribution in [3.05, 3.63) is 58.1 Å². The van der Waals surface area contributed by atoms with E-state index in [1.165, 1.54) is 18.2 Å². The van der Waals surface area contributed by atoms with Gasteiger partial charge in [-0.25, -0.2) is 4.79 Å². The van der Waals surface area contributed by atoms with E-state index in [4.69, 9.17) is 25.8 Å². The first-order chi connectivity index (χ1) is 19.4. The molecule has 6 nitrogen and oxygen atoms in total. The topological polar surface area (TPSA) is 68.2 Å². The van der Waals surface area contributed by atoms with Crippen molar-refractivity contribution < 1.29 is 24.1 Å². The van der Waals surface area contributed by atoms with Crippen molar-refractivity contribution in [2.24, 2.45) is 17.8 Å². The van der Waals surface area contributed by atoms with Gasteiger partial charge in [0.25, 0.3) is 0 Å². The van der Waals surface area contributed by atoms with Gasteiger partial charge in [0.1, 0.15) is 5.75 Å². The van der Waals surface area contributed by atoms with E-state index in [0.717, 1.165) is 87.3 Å². The molecule has 2 aromatic carbocycles. The smallest absolute Gasteiger partial charge is 0.337 e. The Kier molecular flexibility index (Phi) is 8.04. The van der Waals surface area contributed by atoms with Crippen molar-refractivity contribution in [1.29, 1.82) is 0 Å². The fourth-order valence-electron chi connectivity index (χ4n) is 8.11. The summed E-state index contributed by atoms with van der Waals surface area (Å²) in [6.07, 6.45) is 9.39. The van der Waals surface area contributed by atoms with Crippen LogP contribution in [0.3, 0.4) is 0 Å². The number of nitrogens with zero attached hydrogens (tertiary/aromatic N) is 1. The summed E-state index contributed by atoms with van der Waals surface area (Å²) in [7, 11) is 3.27. The molecular formula is C33H42ClNO5. The minimum atomic E-state index is -0.337. The van der Waals surface area contributed by atoms with Crippen LogP contribution in [0, 0.1) is 17.8 Å². The molecule has 2 saturated carbocycles. The van der Waals surface area contributed by atoms with E-state index in [-0.39, 0.29) is 23.6 Å². The van der Waals surface area contributed by atoms with Gasteiger partial charge in [0.2, 0.25) is 0 Å². The quantitative estimate of drug-likeness (QED) is 0.420. The fraction of sp³-hybridized carbons (Fsp3) is 0.606. The summed E-state index contributed by atoms with van der Waals surface area (Å²) >= 11 is 6.41. The number of benzene rings is 2. The standard InChI is InChI=1S/C33H42ClNO5/c1-38-31(22-5-3-7-26(36)16-22)27-11-8-24(27)18-35-19-33(14-4-6-21-15-25(34)10-12-28(21)33)20-40-30-13-9-23(17-29(30)35)32(37)39-2/h9-10,12-13,15,17,22,24,26-27,31,36H,3-8,11,14,16,18-20H2,1-2H3/t22-,24+,26-,27-,31+,33?/m1/s1. The number of fused-ring (bicyclic) bond motifs is 3. The zero-order valence-corrected chi connectivity index (χ0v) is 24.5. The number of anilines is 1. The zero-order chi connectivity index (χ0) is 27.9. The number of hydrogen-bond acceptors (Lipinski definition) is 6. The number of methoxy groups -OCH3 is 2. The minimum Gasteiger partial charge on any atom is -0.490 e. The van der Waals surface area contributed by atoms with Crippen LogP contribution < -0.4 is 9.64 Å².